The Kier molecular flexibility index (Phi) is 6.90. The normalized spacial score (nSPS) is 11.7. The molecule has 0 unspecified atom stereocenters. The molecule has 0 aliphatic carbocycles. The predicted octanol–water partition coefficient (Wildman–Crippen LogP) is 5.80. The molecule has 0 bridgehead atoms. The van der Waals surface area contributed by atoms with Gasteiger partial charge in [-0.1, -0.05) is 42.5 Å². The van der Waals surface area contributed by atoms with E-state index in [1.165, 1.54) is 0 Å². The summed E-state index contributed by atoms with van der Waals surface area (Å²) < 4.78 is 22.7. The van der Waals surface area contributed by atoms with E-state index in [1.807, 2.05) is 73.7 Å². The third kappa shape index (κ3) is 5.39. The van der Waals surface area contributed by atoms with E-state index in [-0.39, 0.29) is 0 Å². The molecule has 0 aliphatic rings. The lowest BCUT2D eigenvalue weighted by Gasteiger charge is -2.13. The van der Waals surface area contributed by atoms with Crippen molar-refractivity contribution in [3.8, 4) is 23.0 Å². The van der Waals surface area contributed by atoms with Crippen LogP contribution in [0.25, 0.3) is 0 Å². The molecule has 0 saturated heterocycles. The second kappa shape index (κ2) is 9.99. The maximum absolute atomic E-state index is 6.02. The SMILES string of the molecule is COc1cccc(OC)c1O/C=C(C)/C(=N/c1ccccc1)Oc1ccccc1. The summed E-state index contributed by atoms with van der Waals surface area (Å²) in [5, 5.41) is 0. The van der Waals surface area contributed by atoms with Crippen LogP contribution in [-0.2, 0) is 0 Å². The van der Waals surface area contributed by atoms with Crippen LogP contribution in [-0.4, -0.2) is 20.1 Å². The summed E-state index contributed by atoms with van der Waals surface area (Å²) >= 11 is 0. The van der Waals surface area contributed by atoms with E-state index in [4.69, 9.17) is 18.9 Å². The van der Waals surface area contributed by atoms with Crippen molar-refractivity contribution < 1.29 is 18.9 Å². The van der Waals surface area contributed by atoms with Gasteiger partial charge in [-0.25, -0.2) is 4.99 Å². The zero-order chi connectivity index (χ0) is 20.5. The lowest BCUT2D eigenvalue weighted by Crippen LogP contribution is -2.11. The summed E-state index contributed by atoms with van der Waals surface area (Å²) in [6.07, 6.45) is 1.57. The van der Waals surface area contributed by atoms with E-state index in [0.717, 1.165) is 5.69 Å². The lowest BCUT2D eigenvalue weighted by atomic mass is 10.3. The van der Waals surface area contributed by atoms with Gasteiger partial charge >= 0.3 is 0 Å². The van der Waals surface area contributed by atoms with Crippen molar-refractivity contribution in [2.45, 2.75) is 6.92 Å². The smallest absolute Gasteiger partial charge is 0.225 e. The van der Waals surface area contributed by atoms with E-state index in [0.29, 0.717) is 34.5 Å². The van der Waals surface area contributed by atoms with Gasteiger partial charge in [0.25, 0.3) is 0 Å². The number of hydrogen-bond donors (Lipinski definition) is 0. The molecule has 0 atom stereocenters. The highest BCUT2D eigenvalue weighted by molar-refractivity contribution is 5.96. The van der Waals surface area contributed by atoms with Crippen molar-refractivity contribution in [2.75, 3.05) is 14.2 Å². The maximum atomic E-state index is 6.02. The average Bonchev–Trinajstić information content (AvgIpc) is 2.78. The standard InChI is InChI=1S/C24H23NO4/c1-18(17-28-23-21(26-2)15-10-16-22(23)27-3)24(25-19-11-6-4-7-12-19)29-20-13-8-5-9-14-20/h4-17H,1-3H3/b18-17+,25-24-. The number of hydrogen-bond acceptors (Lipinski definition) is 5. The minimum Gasteiger partial charge on any atom is -0.493 e. The van der Waals surface area contributed by atoms with Crippen molar-refractivity contribution in [2.24, 2.45) is 4.99 Å². The number of rotatable bonds is 7. The summed E-state index contributed by atoms with van der Waals surface area (Å²) in [7, 11) is 3.16. The molecule has 0 aliphatic heterocycles. The first-order valence-corrected chi connectivity index (χ1v) is 9.12. The van der Waals surface area contributed by atoms with Crippen LogP contribution in [0.4, 0.5) is 5.69 Å². The Morgan fingerprint density at radius 3 is 1.93 bits per heavy atom. The summed E-state index contributed by atoms with van der Waals surface area (Å²) in [6.45, 7) is 1.87. The third-order valence-corrected chi connectivity index (χ3v) is 4.02. The number of para-hydroxylation sites is 3. The molecule has 5 heteroatoms. The number of benzene rings is 3. The van der Waals surface area contributed by atoms with Crippen LogP contribution in [0, 0.1) is 0 Å². The largest absolute Gasteiger partial charge is 0.493 e. The summed E-state index contributed by atoms with van der Waals surface area (Å²) in [5.74, 6) is 2.73. The zero-order valence-corrected chi connectivity index (χ0v) is 16.7. The second-order valence-electron chi connectivity index (χ2n) is 6.08. The Labute approximate surface area is 170 Å². The molecular weight excluding hydrogens is 366 g/mol. The number of ether oxygens (including phenoxy) is 4. The Hall–Kier alpha value is -3.73. The van der Waals surface area contributed by atoms with E-state index in [1.54, 1.807) is 32.6 Å². The molecule has 148 valence electrons. The van der Waals surface area contributed by atoms with Crippen LogP contribution >= 0.6 is 0 Å². The van der Waals surface area contributed by atoms with Gasteiger partial charge in [0.1, 0.15) is 5.75 Å². The highest BCUT2D eigenvalue weighted by atomic mass is 16.5. The van der Waals surface area contributed by atoms with Gasteiger partial charge < -0.3 is 18.9 Å². The fraction of sp³-hybridized carbons (Fsp3) is 0.125. The van der Waals surface area contributed by atoms with Crippen molar-refractivity contribution in [1.82, 2.24) is 0 Å². The molecule has 0 aromatic heterocycles. The molecule has 29 heavy (non-hydrogen) atoms. The molecule has 0 spiro atoms. The molecule has 0 saturated carbocycles. The van der Waals surface area contributed by atoms with Gasteiger partial charge in [0, 0.05) is 5.57 Å². The topological polar surface area (TPSA) is 49.3 Å². The Bertz CT molecular complexity index is 960. The molecule has 3 aromatic rings. The molecule has 3 rings (SSSR count). The van der Waals surface area contributed by atoms with E-state index in [9.17, 15) is 0 Å². The summed E-state index contributed by atoms with van der Waals surface area (Å²) in [4.78, 5) is 4.63. The first-order chi connectivity index (χ1) is 14.2. The summed E-state index contributed by atoms with van der Waals surface area (Å²) in [6, 6.07) is 24.5. The van der Waals surface area contributed by atoms with Crippen LogP contribution in [0.2, 0.25) is 0 Å². The van der Waals surface area contributed by atoms with Crippen molar-refractivity contribution in [3.05, 3.63) is 90.7 Å². The Morgan fingerprint density at radius 1 is 0.759 bits per heavy atom. The Balaban J connectivity index is 1.92. The van der Waals surface area contributed by atoms with Gasteiger partial charge in [-0.15, -0.1) is 0 Å². The highest BCUT2D eigenvalue weighted by Gasteiger charge is 2.12. The van der Waals surface area contributed by atoms with Gasteiger partial charge in [-0.05, 0) is 43.3 Å². The molecule has 5 nitrogen and oxygen atoms in total. The molecular formula is C24H23NO4. The summed E-state index contributed by atoms with van der Waals surface area (Å²) in [5.41, 5.74) is 1.48. The van der Waals surface area contributed by atoms with Gasteiger partial charge in [0.2, 0.25) is 11.6 Å². The van der Waals surface area contributed by atoms with Crippen LogP contribution < -0.4 is 18.9 Å². The second-order valence-corrected chi connectivity index (χ2v) is 6.08. The number of aliphatic imine (C=N–C) groups is 1. The monoisotopic (exact) mass is 389 g/mol. The number of nitrogens with zero attached hydrogens (tertiary/aromatic N) is 1. The van der Waals surface area contributed by atoms with Crippen molar-refractivity contribution in [3.63, 3.8) is 0 Å². The first kappa shape index (κ1) is 20.0. The van der Waals surface area contributed by atoms with Gasteiger partial charge in [0.15, 0.2) is 11.5 Å². The van der Waals surface area contributed by atoms with Crippen LogP contribution in [0.1, 0.15) is 6.92 Å². The fourth-order valence-corrected chi connectivity index (χ4v) is 2.54. The van der Waals surface area contributed by atoms with Gasteiger partial charge in [-0.2, -0.15) is 0 Å². The van der Waals surface area contributed by atoms with Gasteiger partial charge in [0.05, 0.1) is 26.2 Å². The molecule has 0 heterocycles. The molecule has 0 N–H and O–H groups in total. The molecule has 0 amide bonds. The quantitative estimate of drug-likeness (QED) is 0.291. The molecule has 0 fully saturated rings. The van der Waals surface area contributed by atoms with Crippen molar-refractivity contribution in [1.29, 1.82) is 0 Å². The zero-order valence-electron chi connectivity index (χ0n) is 16.7. The van der Waals surface area contributed by atoms with Crippen LogP contribution in [0.5, 0.6) is 23.0 Å². The lowest BCUT2D eigenvalue weighted by molar-refractivity contribution is 0.344. The third-order valence-electron chi connectivity index (χ3n) is 4.02. The predicted molar refractivity (Wildman–Crippen MR) is 115 cm³/mol. The first-order valence-electron chi connectivity index (χ1n) is 9.12. The molecule has 3 aromatic carbocycles. The van der Waals surface area contributed by atoms with Crippen LogP contribution in [0.3, 0.4) is 0 Å². The Morgan fingerprint density at radius 2 is 1.34 bits per heavy atom. The van der Waals surface area contributed by atoms with Gasteiger partial charge in [-0.3, -0.25) is 0 Å². The fourth-order valence-electron chi connectivity index (χ4n) is 2.54. The minimum atomic E-state index is 0.427. The molecule has 0 radical (unpaired) electrons. The average molecular weight is 389 g/mol. The highest BCUT2D eigenvalue weighted by Crippen LogP contribution is 2.37. The van der Waals surface area contributed by atoms with Crippen molar-refractivity contribution >= 4 is 11.6 Å². The van der Waals surface area contributed by atoms with E-state index >= 15 is 0 Å². The number of methoxy groups -OCH3 is 2. The maximum Gasteiger partial charge on any atom is 0.225 e. The van der Waals surface area contributed by atoms with Crippen LogP contribution in [0.15, 0.2) is 95.7 Å². The minimum absolute atomic E-state index is 0.427. The van der Waals surface area contributed by atoms with E-state index < -0.39 is 0 Å². The van der Waals surface area contributed by atoms with E-state index in [2.05, 4.69) is 4.99 Å².